The number of amides is 1. The van der Waals surface area contributed by atoms with E-state index in [0.717, 1.165) is 37.5 Å². The predicted octanol–water partition coefficient (Wildman–Crippen LogP) is 2.50. The van der Waals surface area contributed by atoms with Gasteiger partial charge in [-0.25, -0.2) is 0 Å². The van der Waals surface area contributed by atoms with Gasteiger partial charge in [0.1, 0.15) is 0 Å². The molecule has 0 spiro atoms. The van der Waals surface area contributed by atoms with E-state index in [1.54, 1.807) is 17.8 Å². The van der Waals surface area contributed by atoms with Crippen molar-refractivity contribution >= 4 is 29.3 Å². The van der Waals surface area contributed by atoms with Crippen LogP contribution in [0, 0.1) is 0 Å². The van der Waals surface area contributed by atoms with Crippen LogP contribution in [-0.4, -0.2) is 43.2 Å². The highest BCUT2D eigenvalue weighted by molar-refractivity contribution is 7.98. The quantitative estimate of drug-likeness (QED) is 0.847. The minimum Gasteiger partial charge on any atom is -0.337 e. The molecule has 0 atom stereocenters. The maximum absolute atomic E-state index is 12.4. The fourth-order valence-electron chi connectivity index (χ4n) is 2.01. The highest BCUT2D eigenvalue weighted by Gasteiger charge is 2.19. The number of benzene rings is 1. The minimum atomic E-state index is 0.0413. The summed E-state index contributed by atoms with van der Waals surface area (Å²) in [6.45, 7) is 3.37. The monoisotopic (exact) mass is 284 g/mol. The Morgan fingerprint density at radius 1 is 1.39 bits per heavy atom. The third-order valence-corrected chi connectivity index (χ3v) is 4.09. The van der Waals surface area contributed by atoms with Crippen LogP contribution in [0.5, 0.6) is 0 Å². The summed E-state index contributed by atoms with van der Waals surface area (Å²) in [7, 11) is 0. The van der Waals surface area contributed by atoms with Crippen molar-refractivity contribution in [3.63, 3.8) is 0 Å². The van der Waals surface area contributed by atoms with Crippen molar-refractivity contribution in [3.8, 4) is 0 Å². The molecule has 1 amide bonds. The molecular weight excluding hydrogens is 268 g/mol. The maximum Gasteiger partial charge on any atom is 0.255 e. The maximum atomic E-state index is 12.4. The summed E-state index contributed by atoms with van der Waals surface area (Å²) in [5.41, 5.74) is 0.616. The highest BCUT2D eigenvalue weighted by Crippen LogP contribution is 2.24. The molecule has 1 heterocycles. The van der Waals surface area contributed by atoms with Gasteiger partial charge in [-0.3, -0.25) is 4.79 Å². The van der Waals surface area contributed by atoms with E-state index in [1.807, 2.05) is 23.3 Å². The number of rotatable bonds is 2. The van der Waals surface area contributed by atoms with Crippen LogP contribution in [0.1, 0.15) is 16.8 Å². The summed E-state index contributed by atoms with van der Waals surface area (Å²) >= 11 is 7.75. The summed E-state index contributed by atoms with van der Waals surface area (Å²) < 4.78 is 0. The molecule has 0 saturated carbocycles. The van der Waals surface area contributed by atoms with E-state index in [9.17, 15) is 4.79 Å². The zero-order chi connectivity index (χ0) is 13.0. The molecule has 1 saturated heterocycles. The van der Waals surface area contributed by atoms with Crippen molar-refractivity contribution < 1.29 is 4.79 Å². The Hall–Kier alpha value is -0.710. The van der Waals surface area contributed by atoms with E-state index in [1.165, 1.54) is 0 Å². The van der Waals surface area contributed by atoms with Gasteiger partial charge in [-0.05, 0) is 37.4 Å². The van der Waals surface area contributed by atoms with E-state index in [4.69, 9.17) is 11.6 Å². The van der Waals surface area contributed by atoms with Crippen LogP contribution >= 0.6 is 23.4 Å². The molecule has 1 N–H and O–H groups in total. The molecule has 18 heavy (non-hydrogen) atoms. The van der Waals surface area contributed by atoms with Crippen molar-refractivity contribution in [2.75, 3.05) is 32.4 Å². The van der Waals surface area contributed by atoms with E-state index >= 15 is 0 Å². The van der Waals surface area contributed by atoms with Crippen molar-refractivity contribution in [3.05, 3.63) is 28.8 Å². The van der Waals surface area contributed by atoms with Gasteiger partial charge < -0.3 is 10.2 Å². The highest BCUT2D eigenvalue weighted by atomic mass is 35.5. The number of carbonyl (C=O) groups excluding carboxylic acids is 1. The Labute approximate surface area is 117 Å². The lowest BCUT2D eigenvalue weighted by atomic mass is 10.2. The molecule has 1 aromatic rings. The lowest BCUT2D eigenvalue weighted by molar-refractivity contribution is 0.0766. The first kappa shape index (κ1) is 13.7. The summed E-state index contributed by atoms with van der Waals surface area (Å²) in [5, 5.41) is 3.83. The molecule has 1 fully saturated rings. The molecular formula is C13H17ClN2OS. The first-order valence-electron chi connectivity index (χ1n) is 6.06. The van der Waals surface area contributed by atoms with E-state index in [2.05, 4.69) is 5.32 Å². The van der Waals surface area contributed by atoms with E-state index in [-0.39, 0.29) is 5.91 Å². The Morgan fingerprint density at radius 2 is 2.22 bits per heavy atom. The third-order valence-electron chi connectivity index (χ3n) is 3.03. The molecule has 1 aliphatic heterocycles. The lowest BCUT2D eigenvalue weighted by Crippen LogP contribution is -2.34. The molecule has 0 aliphatic carbocycles. The smallest absolute Gasteiger partial charge is 0.255 e. The van der Waals surface area contributed by atoms with Gasteiger partial charge in [0.2, 0.25) is 0 Å². The van der Waals surface area contributed by atoms with Crippen molar-refractivity contribution in [2.24, 2.45) is 0 Å². The van der Waals surface area contributed by atoms with Crippen molar-refractivity contribution in [1.82, 2.24) is 10.2 Å². The van der Waals surface area contributed by atoms with Gasteiger partial charge in [0, 0.05) is 24.5 Å². The second kappa shape index (κ2) is 6.45. The zero-order valence-corrected chi connectivity index (χ0v) is 12.0. The topological polar surface area (TPSA) is 32.3 Å². The SMILES string of the molecule is CSc1ccc(Cl)c(C(=O)N2CCCNCC2)c1. The molecule has 0 radical (unpaired) electrons. The van der Waals surface area contributed by atoms with Crippen LogP contribution in [0.3, 0.4) is 0 Å². The van der Waals surface area contributed by atoms with Crippen LogP contribution < -0.4 is 5.32 Å². The van der Waals surface area contributed by atoms with Crippen LogP contribution in [0.2, 0.25) is 5.02 Å². The van der Waals surface area contributed by atoms with Crippen molar-refractivity contribution in [1.29, 1.82) is 0 Å². The van der Waals surface area contributed by atoms with Crippen LogP contribution in [-0.2, 0) is 0 Å². The van der Waals surface area contributed by atoms with Gasteiger partial charge in [0.15, 0.2) is 0 Å². The molecule has 0 unspecified atom stereocenters. The normalized spacial score (nSPS) is 16.4. The number of hydrogen-bond donors (Lipinski definition) is 1. The number of halogens is 1. The summed E-state index contributed by atoms with van der Waals surface area (Å²) in [6.07, 6.45) is 2.99. The van der Waals surface area contributed by atoms with Crippen LogP contribution in [0.4, 0.5) is 0 Å². The number of hydrogen-bond acceptors (Lipinski definition) is 3. The first-order chi connectivity index (χ1) is 8.72. The average Bonchev–Trinajstić information content (AvgIpc) is 2.67. The van der Waals surface area contributed by atoms with Crippen molar-refractivity contribution in [2.45, 2.75) is 11.3 Å². The fourth-order valence-corrected chi connectivity index (χ4v) is 2.65. The molecule has 98 valence electrons. The fraction of sp³-hybridized carbons (Fsp3) is 0.462. The van der Waals surface area contributed by atoms with Gasteiger partial charge >= 0.3 is 0 Å². The number of nitrogens with zero attached hydrogens (tertiary/aromatic N) is 1. The number of thioether (sulfide) groups is 1. The largest absolute Gasteiger partial charge is 0.337 e. The summed E-state index contributed by atoms with van der Waals surface area (Å²) in [4.78, 5) is 15.4. The molecule has 0 aromatic heterocycles. The van der Waals surface area contributed by atoms with Crippen LogP contribution in [0.15, 0.2) is 23.1 Å². The Bertz CT molecular complexity index is 431. The average molecular weight is 285 g/mol. The van der Waals surface area contributed by atoms with Gasteiger partial charge in [-0.15, -0.1) is 11.8 Å². The number of carbonyl (C=O) groups is 1. The standard InChI is InChI=1S/C13H17ClN2OS/c1-18-10-3-4-12(14)11(9-10)13(17)16-7-2-5-15-6-8-16/h3-4,9,15H,2,5-8H2,1H3. The van der Waals surface area contributed by atoms with Gasteiger partial charge in [0.05, 0.1) is 10.6 Å². The molecule has 1 aromatic carbocycles. The lowest BCUT2D eigenvalue weighted by Gasteiger charge is -2.20. The van der Waals surface area contributed by atoms with Gasteiger partial charge in [0.25, 0.3) is 5.91 Å². The third kappa shape index (κ3) is 3.19. The summed E-state index contributed by atoms with van der Waals surface area (Å²) in [5.74, 6) is 0.0413. The molecule has 2 rings (SSSR count). The van der Waals surface area contributed by atoms with E-state index < -0.39 is 0 Å². The number of nitrogens with one attached hydrogen (secondary N) is 1. The zero-order valence-electron chi connectivity index (χ0n) is 10.4. The Kier molecular flexibility index (Phi) is 4.92. The van der Waals surface area contributed by atoms with E-state index in [0.29, 0.717) is 10.6 Å². The van der Waals surface area contributed by atoms with Gasteiger partial charge in [-0.2, -0.15) is 0 Å². The van der Waals surface area contributed by atoms with Gasteiger partial charge in [-0.1, -0.05) is 11.6 Å². The first-order valence-corrected chi connectivity index (χ1v) is 7.66. The second-order valence-electron chi connectivity index (χ2n) is 4.24. The summed E-state index contributed by atoms with van der Waals surface area (Å²) in [6, 6.07) is 5.62. The van der Waals surface area contributed by atoms with Crippen LogP contribution in [0.25, 0.3) is 0 Å². The Balaban J connectivity index is 2.21. The molecule has 3 nitrogen and oxygen atoms in total. The Morgan fingerprint density at radius 3 is 3.00 bits per heavy atom. The predicted molar refractivity (Wildman–Crippen MR) is 76.6 cm³/mol. The minimum absolute atomic E-state index is 0.0413. The molecule has 1 aliphatic rings. The molecule has 5 heteroatoms. The second-order valence-corrected chi connectivity index (χ2v) is 5.53. The molecule has 0 bridgehead atoms.